The molecule has 1 aliphatic rings. The molecule has 1 atom stereocenters. The number of likely N-dealkylation sites (tertiary alicyclic amines) is 1. The molecule has 1 N–H and O–H groups in total. The standard InChI is InChI=1S/C20H24BrN5O/c1-13-19(21)14(2)26(24-13)11-9-18(27)25-10-5-6-15(12-25)20-22-16-7-3-4-8-17(16)23-20/h3-4,7-8,15H,5-6,9-12H2,1-2H3,(H,22,23). The molecule has 0 spiro atoms. The number of aromatic nitrogens is 4. The summed E-state index contributed by atoms with van der Waals surface area (Å²) in [6.45, 7) is 6.17. The first-order valence-electron chi connectivity index (χ1n) is 9.45. The second-order valence-electron chi connectivity index (χ2n) is 7.28. The molecule has 1 aliphatic heterocycles. The zero-order chi connectivity index (χ0) is 19.0. The lowest BCUT2D eigenvalue weighted by molar-refractivity contribution is -0.132. The number of halogens is 1. The molecule has 0 saturated carbocycles. The molecule has 6 nitrogen and oxygen atoms in total. The second kappa shape index (κ2) is 7.46. The zero-order valence-corrected chi connectivity index (χ0v) is 17.3. The van der Waals surface area contributed by atoms with E-state index in [1.165, 1.54) is 0 Å². The van der Waals surface area contributed by atoms with E-state index in [-0.39, 0.29) is 11.8 Å². The number of carbonyl (C=O) groups excluding carboxylic acids is 1. The fourth-order valence-electron chi connectivity index (χ4n) is 3.85. The van der Waals surface area contributed by atoms with Gasteiger partial charge in [0.1, 0.15) is 5.82 Å². The van der Waals surface area contributed by atoms with Gasteiger partial charge in [0.05, 0.1) is 27.7 Å². The molecule has 0 aliphatic carbocycles. The summed E-state index contributed by atoms with van der Waals surface area (Å²) in [5.74, 6) is 1.47. The zero-order valence-electron chi connectivity index (χ0n) is 15.7. The number of imidazole rings is 1. The van der Waals surface area contributed by atoms with Crippen molar-refractivity contribution in [1.82, 2.24) is 24.6 Å². The Morgan fingerprint density at radius 3 is 2.89 bits per heavy atom. The average molecular weight is 430 g/mol. The minimum absolute atomic E-state index is 0.194. The molecule has 1 fully saturated rings. The van der Waals surface area contributed by atoms with Gasteiger partial charge in [0.2, 0.25) is 5.91 Å². The van der Waals surface area contributed by atoms with Crippen LogP contribution in [0.4, 0.5) is 0 Å². The summed E-state index contributed by atoms with van der Waals surface area (Å²) in [6, 6.07) is 8.08. The SMILES string of the molecule is Cc1nn(CCC(=O)N2CCCC(c3nc4ccccc4[nH]3)C2)c(C)c1Br. The largest absolute Gasteiger partial charge is 0.342 e. The minimum atomic E-state index is 0.194. The van der Waals surface area contributed by atoms with Gasteiger partial charge in [0.15, 0.2) is 0 Å². The Morgan fingerprint density at radius 2 is 2.15 bits per heavy atom. The fourth-order valence-corrected chi connectivity index (χ4v) is 4.13. The van der Waals surface area contributed by atoms with Crippen LogP contribution >= 0.6 is 15.9 Å². The van der Waals surface area contributed by atoms with Crippen molar-refractivity contribution in [3.05, 3.63) is 46.0 Å². The maximum atomic E-state index is 12.8. The number of nitrogens with one attached hydrogen (secondary N) is 1. The number of fused-ring (bicyclic) bond motifs is 1. The molecular weight excluding hydrogens is 406 g/mol. The first-order chi connectivity index (χ1) is 13.0. The third-order valence-corrected chi connectivity index (χ3v) is 6.55. The number of amides is 1. The van der Waals surface area contributed by atoms with Gasteiger partial charge in [-0.1, -0.05) is 12.1 Å². The lowest BCUT2D eigenvalue weighted by atomic mass is 9.97. The van der Waals surface area contributed by atoms with Crippen molar-refractivity contribution in [3.63, 3.8) is 0 Å². The van der Waals surface area contributed by atoms with Gasteiger partial charge in [-0.05, 0) is 54.8 Å². The lowest BCUT2D eigenvalue weighted by Gasteiger charge is -2.32. The summed E-state index contributed by atoms with van der Waals surface area (Å²) in [7, 11) is 0. The maximum absolute atomic E-state index is 12.8. The number of benzene rings is 1. The van der Waals surface area contributed by atoms with E-state index in [4.69, 9.17) is 4.98 Å². The van der Waals surface area contributed by atoms with Gasteiger partial charge >= 0.3 is 0 Å². The normalized spacial score (nSPS) is 17.6. The Kier molecular flexibility index (Phi) is 5.04. The molecule has 3 aromatic rings. The van der Waals surface area contributed by atoms with Crippen LogP contribution < -0.4 is 0 Å². The number of piperidine rings is 1. The monoisotopic (exact) mass is 429 g/mol. The van der Waals surface area contributed by atoms with Crippen LogP contribution in [0.25, 0.3) is 11.0 Å². The molecule has 27 heavy (non-hydrogen) atoms. The lowest BCUT2D eigenvalue weighted by Crippen LogP contribution is -2.39. The number of para-hydroxylation sites is 2. The first-order valence-corrected chi connectivity index (χ1v) is 10.2. The minimum Gasteiger partial charge on any atom is -0.342 e. The van der Waals surface area contributed by atoms with Crippen molar-refractivity contribution in [1.29, 1.82) is 0 Å². The Labute approximate surface area is 167 Å². The van der Waals surface area contributed by atoms with Crippen LogP contribution in [0.5, 0.6) is 0 Å². The topological polar surface area (TPSA) is 66.8 Å². The summed E-state index contributed by atoms with van der Waals surface area (Å²) in [4.78, 5) is 22.9. The molecular formula is C20H24BrN5O. The van der Waals surface area contributed by atoms with Crippen LogP contribution in [-0.2, 0) is 11.3 Å². The Balaban J connectivity index is 1.41. The van der Waals surface area contributed by atoms with Gasteiger partial charge in [0, 0.05) is 31.1 Å². The van der Waals surface area contributed by atoms with Crippen LogP contribution in [0.3, 0.4) is 0 Å². The number of hydrogen-bond acceptors (Lipinski definition) is 3. The Bertz CT molecular complexity index is 943. The first kappa shape index (κ1) is 18.2. The van der Waals surface area contributed by atoms with Gasteiger partial charge in [-0.25, -0.2) is 4.98 Å². The molecule has 4 rings (SSSR count). The van der Waals surface area contributed by atoms with Crippen molar-refractivity contribution in [2.75, 3.05) is 13.1 Å². The van der Waals surface area contributed by atoms with Crippen molar-refractivity contribution in [2.24, 2.45) is 0 Å². The van der Waals surface area contributed by atoms with E-state index in [1.807, 2.05) is 47.7 Å². The van der Waals surface area contributed by atoms with E-state index in [1.54, 1.807) is 0 Å². The number of nitrogens with zero attached hydrogens (tertiary/aromatic N) is 4. The highest BCUT2D eigenvalue weighted by atomic mass is 79.9. The van der Waals surface area contributed by atoms with Crippen LogP contribution in [0, 0.1) is 13.8 Å². The molecule has 142 valence electrons. The summed E-state index contributed by atoms with van der Waals surface area (Å²) in [5, 5.41) is 4.50. The number of aryl methyl sites for hydroxylation is 2. The summed E-state index contributed by atoms with van der Waals surface area (Å²) in [5.41, 5.74) is 4.08. The van der Waals surface area contributed by atoms with Gasteiger partial charge < -0.3 is 9.88 Å². The molecule has 0 radical (unpaired) electrons. The van der Waals surface area contributed by atoms with Crippen molar-refractivity contribution >= 4 is 32.9 Å². The third-order valence-electron chi connectivity index (χ3n) is 5.40. The van der Waals surface area contributed by atoms with Gasteiger partial charge in [-0.15, -0.1) is 0 Å². The van der Waals surface area contributed by atoms with Gasteiger partial charge in [-0.3, -0.25) is 9.48 Å². The Morgan fingerprint density at radius 1 is 1.33 bits per heavy atom. The Hall–Kier alpha value is -2.15. The molecule has 7 heteroatoms. The molecule has 3 heterocycles. The summed E-state index contributed by atoms with van der Waals surface area (Å²) >= 11 is 3.54. The van der Waals surface area contributed by atoms with Gasteiger partial charge in [0.25, 0.3) is 0 Å². The highest BCUT2D eigenvalue weighted by Crippen LogP contribution is 2.27. The number of carbonyl (C=O) groups is 1. The van der Waals surface area contributed by atoms with Crippen molar-refractivity contribution in [3.8, 4) is 0 Å². The number of aromatic amines is 1. The number of hydrogen-bond donors (Lipinski definition) is 1. The van der Waals surface area contributed by atoms with E-state index >= 15 is 0 Å². The summed E-state index contributed by atoms with van der Waals surface area (Å²) in [6.07, 6.45) is 2.55. The molecule has 0 bridgehead atoms. The fraction of sp³-hybridized carbons (Fsp3) is 0.450. The quantitative estimate of drug-likeness (QED) is 0.682. The predicted molar refractivity (Wildman–Crippen MR) is 109 cm³/mol. The molecule has 1 aromatic carbocycles. The summed E-state index contributed by atoms with van der Waals surface area (Å²) < 4.78 is 2.94. The molecule has 1 saturated heterocycles. The van der Waals surface area contributed by atoms with Crippen molar-refractivity contribution < 1.29 is 4.79 Å². The molecule has 2 aromatic heterocycles. The van der Waals surface area contributed by atoms with Crippen LogP contribution in [0.2, 0.25) is 0 Å². The maximum Gasteiger partial charge on any atom is 0.224 e. The predicted octanol–water partition coefficient (Wildman–Crippen LogP) is 3.94. The van der Waals surface area contributed by atoms with Gasteiger partial charge in [-0.2, -0.15) is 5.10 Å². The smallest absolute Gasteiger partial charge is 0.224 e. The van der Waals surface area contributed by atoms with E-state index in [0.29, 0.717) is 13.0 Å². The third kappa shape index (κ3) is 3.65. The number of rotatable bonds is 4. The molecule has 1 unspecified atom stereocenters. The van der Waals surface area contributed by atoms with Crippen LogP contribution in [0.1, 0.15) is 42.4 Å². The molecule has 1 amide bonds. The van der Waals surface area contributed by atoms with E-state index in [2.05, 4.69) is 26.0 Å². The highest BCUT2D eigenvalue weighted by Gasteiger charge is 2.26. The van der Waals surface area contributed by atoms with Crippen LogP contribution in [0.15, 0.2) is 28.7 Å². The number of H-pyrrole nitrogens is 1. The van der Waals surface area contributed by atoms with E-state index in [0.717, 1.165) is 58.6 Å². The van der Waals surface area contributed by atoms with E-state index in [9.17, 15) is 4.79 Å². The van der Waals surface area contributed by atoms with Crippen molar-refractivity contribution in [2.45, 2.75) is 45.6 Å². The second-order valence-corrected chi connectivity index (χ2v) is 8.07. The van der Waals surface area contributed by atoms with E-state index < -0.39 is 0 Å². The van der Waals surface area contributed by atoms with Crippen LogP contribution in [-0.4, -0.2) is 43.6 Å². The highest BCUT2D eigenvalue weighted by molar-refractivity contribution is 9.10. The average Bonchev–Trinajstić information content (AvgIpc) is 3.23.